The van der Waals surface area contributed by atoms with E-state index < -0.39 is 6.10 Å². The molecule has 0 radical (unpaired) electrons. The maximum atomic E-state index is 9.93. The summed E-state index contributed by atoms with van der Waals surface area (Å²) in [6.07, 6.45) is 3.25. The highest BCUT2D eigenvalue weighted by molar-refractivity contribution is 6.33. The summed E-state index contributed by atoms with van der Waals surface area (Å²) in [6.45, 7) is 0.547. The number of rotatable bonds is 5. The van der Waals surface area contributed by atoms with E-state index in [4.69, 9.17) is 25.8 Å². The molecule has 2 fully saturated rings. The number of aromatic amines is 1. The molecule has 12 heteroatoms. The van der Waals surface area contributed by atoms with Gasteiger partial charge in [-0.25, -0.2) is 4.98 Å². The number of fused-ring (bicyclic) bond motifs is 2. The highest BCUT2D eigenvalue weighted by atomic mass is 35.5. The van der Waals surface area contributed by atoms with Crippen molar-refractivity contribution in [2.45, 2.75) is 24.4 Å². The molecule has 4 aromatic heterocycles. The van der Waals surface area contributed by atoms with E-state index in [1.807, 2.05) is 36.4 Å². The van der Waals surface area contributed by atoms with Crippen molar-refractivity contribution in [2.24, 2.45) is 0 Å². The topological polar surface area (TPSA) is 133 Å². The third kappa shape index (κ3) is 4.02. The minimum Gasteiger partial charge on any atom is -0.456 e. The number of nitrogens with one attached hydrogen (secondary N) is 1. The van der Waals surface area contributed by atoms with Crippen LogP contribution < -0.4 is 4.74 Å². The second kappa shape index (κ2) is 8.89. The van der Waals surface area contributed by atoms with Gasteiger partial charge >= 0.3 is 0 Å². The van der Waals surface area contributed by atoms with Crippen LogP contribution in [0, 0.1) is 0 Å². The van der Waals surface area contributed by atoms with E-state index in [-0.39, 0.29) is 24.9 Å². The number of nitrogens with zero attached hydrogens (tertiary/aromatic N) is 6. The summed E-state index contributed by atoms with van der Waals surface area (Å²) in [6, 6.07) is 13.7. The minimum atomic E-state index is -0.641. The van der Waals surface area contributed by atoms with Gasteiger partial charge in [0, 0.05) is 11.1 Å². The van der Waals surface area contributed by atoms with Gasteiger partial charge in [0.15, 0.2) is 11.8 Å². The zero-order chi connectivity index (χ0) is 24.9. The molecule has 1 unspecified atom stereocenters. The lowest BCUT2D eigenvalue weighted by Gasteiger charge is -2.15. The zero-order valence-electron chi connectivity index (χ0n) is 19.2. The number of halogens is 1. The Labute approximate surface area is 215 Å². The lowest BCUT2D eigenvalue weighted by Crippen LogP contribution is -2.34. The molecule has 0 bridgehead atoms. The van der Waals surface area contributed by atoms with E-state index in [0.717, 1.165) is 22.5 Å². The maximum Gasteiger partial charge on any atom is 0.296 e. The number of benzene rings is 1. The van der Waals surface area contributed by atoms with E-state index >= 15 is 0 Å². The summed E-state index contributed by atoms with van der Waals surface area (Å²) < 4.78 is 17.2. The number of aliphatic hydroxyl groups is 1. The first-order valence-electron chi connectivity index (χ1n) is 11.7. The molecule has 11 nitrogen and oxygen atoms in total. The van der Waals surface area contributed by atoms with Gasteiger partial charge in [-0.05, 0) is 18.2 Å². The Morgan fingerprint density at radius 2 is 1.76 bits per heavy atom. The van der Waals surface area contributed by atoms with Crippen LogP contribution in [0.3, 0.4) is 0 Å². The zero-order valence-corrected chi connectivity index (χ0v) is 20.0. The minimum absolute atomic E-state index is 0.235. The van der Waals surface area contributed by atoms with Crippen LogP contribution in [-0.4, -0.2) is 77.7 Å². The molecular formula is C25H20ClN7O4. The van der Waals surface area contributed by atoms with E-state index in [9.17, 15) is 5.11 Å². The van der Waals surface area contributed by atoms with Crippen molar-refractivity contribution in [1.82, 2.24) is 34.9 Å². The Bertz CT molecular complexity index is 1560. The van der Waals surface area contributed by atoms with E-state index in [0.29, 0.717) is 34.5 Å². The predicted molar refractivity (Wildman–Crippen MR) is 132 cm³/mol. The number of aliphatic hydroxyl groups excluding tert-OH is 1. The number of pyridine rings is 2. The quantitative estimate of drug-likeness (QED) is 0.361. The molecule has 6 heterocycles. The van der Waals surface area contributed by atoms with Crippen molar-refractivity contribution in [3.63, 3.8) is 0 Å². The van der Waals surface area contributed by atoms with Gasteiger partial charge in [0.05, 0.1) is 53.7 Å². The fourth-order valence-corrected chi connectivity index (χ4v) is 4.93. The lowest BCUT2D eigenvalue weighted by atomic mass is 10.1. The van der Waals surface area contributed by atoms with Crippen molar-refractivity contribution in [3.8, 4) is 34.2 Å². The molecule has 0 aliphatic carbocycles. The van der Waals surface area contributed by atoms with Crippen LogP contribution in [0.15, 0.2) is 61.1 Å². The molecule has 0 saturated carbocycles. The Balaban J connectivity index is 1.11. The monoisotopic (exact) mass is 517 g/mol. The highest BCUT2D eigenvalue weighted by Gasteiger charge is 2.48. The molecule has 2 saturated heterocycles. The van der Waals surface area contributed by atoms with Crippen molar-refractivity contribution in [3.05, 3.63) is 66.1 Å². The van der Waals surface area contributed by atoms with Gasteiger partial charge in [0.2, 0.25) is 0 Å². The van der Waals surface area contributed by atoms with Crippen LogP contribution in [0.5, 0.6) is 6.01 Å². The van der Waals surface area contributed by atoms with Gasteiger partial charge in [-0.15, -0.1) is 0 Å². The van der Waals surface area contributed by atoms with Crippen LogP contribution in [-0.2, 0) is 9.47 Å². The Kier molecular flexibility index (Phi) is 5.36. The SMILES string of the molecule is O[C@@H]1CO[C@H]2C1OC[C@H]2Oc1nc2nc(-c3ccc(-c4ccc(-n5nccn5)cn4)cc3)c(Cl)cc2[nH]1. The Morgan fingerprint density at radius 1 is 0.973 bits per heavy atom. The summed E-state index contributed by atoms with van der Waals surface area (Å²) >= 11 is 6.58. The molecule has 37 heavy (non-hydrogen) atoms. The van der Waals surface area contributed by atoms with Crippen LogP contribution in [0.2, 0.25) is 5.02 Å². The molecule has 5 aromatic rings. The standard InChI is InChI=1S/C25H20ClN7O4/c26-16-9-18-24(32-25(30-18)37-20-12-36-22-19(34)11-35-23(20)22)31-21(16)14-3-1-13(2-4-14)17-6-5-15(10-27-17)33-28-7-8-29-33/h1-10,19-20,22-23,34H,11-12H2,(H,30,31,32)/t19-,20-,22?,23-/m1/s1. The largest absolute Gasteiger partial charge is 0.456 e. The van der Waals surface area contributed by atoms with Gasteiger partial charge in [-0.2, -0.15) is 20.0 Å². The van der Waals surface area contributed by atoms with Crippen molar-refractivity contribution in [2.75, 3.05) is 13.2 Å². The number of hydrogen-bond acceptors (Lipinski definition) is 9. The third-order valence-electron chi connectivity index (χ3n) is 6.50. The van der Waals surface area contributed by atoms with E-state index in [1.165, 1.54) is 4.80 Å². The summed E-state index contributed by atoms with van der Waals surface area (Å²) in [5.74, 6) is 0. The lowest BCUT2D eigenvalue weighted by molar-refractivity contribution is 0.00706. The second-order valence-corrected chi connectivity index (χ2v) is 9.26. The van der Waals surface area contributed by atoms with Gasteiger partial charge in [-0.1, -0.05) is 35.9 Å². The average molecular weight is 518 g/mol. The van der Waals surface area contributed by atoms with Crippen LogP contribution in [0.25, 0.3) is 39.4 Å². The number of aromatic nitrogens is 7. The third-order valence-corrected chi connectivity index (χ3v) is 6.79. The fourth-order valence-electron chi connectivity index (χ4n) is 4.67. The molecule has 4 atom stereocenters. The summed E-state index contributed by atoms with van der Waals surface area (Å²) in [7, 11) is 0. The van der Waals surface area contributed by atoms with Crippen molar-refractivity contribution < 1.29 is 19.3 Å². The summed E-state index contributed by atoms with van der Waals surface area (Å²) in [5.41, 5.74) is 5.14. The molecule has 2 N–H and O–H groups in total. The average Bonchev–Trinajstić information content (AvgIpc) is 3.71. The maximum absolute atomic E-state index is 9.93. The number of ether oxygens (including phenoxy) is 3. The van der Waals surface area contributed by atoms with Crippen LogP contribution in [0.1, 0.15) is 0 Å². The van der Waals surface area contributed by atoms with Gasteiger partial charge in [0.25, 0.3) is 6.01 Å². The molecule has 1 aromatic carbocycles. The summed E-state index contributed by atoms with van der Waals surface area (Å²) in [5, 5.41) is 18.6. The highest BCUT2D eigenvalue weighted by Crippen LogP contribution is 2.33. The van der Waals surface area contributed by atoms with Gasteiger partial charge in [-0.3, -0.25) is 4.98 Å². The molecule has 7 rings (SSSR count). The number of imidazole rings is 1. The Morgan fingerprint density at radius 3 is 2.54 bits per heavy atom. The first-order valence-corrected chi connectivity index (χ1v) is 12.1. The molecule has 186 valence electrons. The van der Waals surface area contributed by atoms with Crippen LogP contribution >= 0.6 is 11.6 Å². The number of H-pyrrole nitrogens is 1. The molecule has 0 spiro atoms. The van der Waals surface area contributed by atoms with Crippen molar-refractivity contribution >= 4 is 22.8 Å². The van der Waals surface area contributed by atoms with E-state index in [2.05, 4.69) is 30.1 Å². The van der Waals surface area contributed by atoms with Gasteiger partial charge in [0.1, 0.15) is 24.0 Å². The number of hydrogen-bond donors (Lipinski definition) is 2. The van der Waals surface area contributed by atoms with Crippen molar-refractivity contribution in [1.29, 1.82) is 0 Å². The van der Waals surface area contributed by atoms with Crippen LogP contribution in [0.4, 0.5) is 0 Å². The predicted octanol–water partition coefficient (Wildman–Crippen LogP) is 2.83. The first kappa shape index (κ1) is 22.3. The molecule has 0 amide bonds. The smallest absolute Gasteiger partial charge is 0.296 e. The fraction of sp³-hybridized carbons (Fsp3) is 0.240. The Hall–Kier alpha value is -3.90. The first-order chi connectivity index (χ1) is 18.1. The molecular weight excluding hydrogens is 498 g/mol. The summed E-state index contributed by atoms with van der Waals surface area (Å²) in [4.78, 5) is 18.3. The normalized spacial score (nSPS) is 23.0. The van der Waals surface area contributed by atoms with Gasteiger partial charge < -0.3 is 24.3 Å². The molecule has 2 aliphatic heterocycles. The second-order valence-electron chi connectivity index (χ2n) is 8.85. The van der Waals surface area contributed by atoms with E-state index in [1.54, 1.807) is 24.7 Å². The molecule has 2 aliphatic rings.